The molecule has 3 atom stereocenters. The first kappa shape index (κ1) is 15.0. The van der Waals surface area contributed by atoms with E-state index in [1.54, 1.807) is 0 Å². The maximum atomic E-state index is 11.6. The second-order valence-electron chi connectivity index (χ2n) is 7.97. The van der Waals surface area contributed by atoms with E-state index in [4.69, 9.17) is 4.42 Å². The van der Waals surface area contributed by atoms with Crippen molar-refractivity contribution in [2.45, 2.75) is 30.6 Å². The summed E-state index contributed by atoms with van der Waals surface area (Å²) in [7, 11) is 0. The van der Waals surface area contributed by atoms with E-state index in [9.17, 15) is 4.79 Å². The fraction of sp³-hybridized carbons (Fsp3) is 0.208. The third-order valence-electron chi connectivity index (χ3n) is 6.58. The molecule has 3 heteroatoms. The highest BCUT2D eigenvalue weighted by Crippen LogP contribution is 2.62. The Hall–Kier alpha value is -3.07. The molecule has 4 aromatic rings. The molecular formula is C24H19NO2. The minimum Gasteiger partial charge on any atom is -0.408 e. The van der Waals surface area contributed by atoms with Gasteiger partial charge in [0.1, 0.15) is 0 Å². The van der Waals surface area contributed by atoms with Crippen molar-refractivity contribution < 1.29 is 4.42 Å². The van der Waals surface area contributed by atoms with Crippen molar-refractivity contribution in [1.29, 1.82) is 0 Å². The number of nitrogens with one attached hydrogen (secondary N) is 1. The predicted octanol–water partition coefficient (Wildman–Crippen LogP) is 5.06. The van der Waals surface area contributed by atoms with E-state index in [-0.39, 0.29) is 5.41 Å². The molecule has 0 amide bonds. The molecule has 1 saturated carbocycles. The number of aromatic nitrogens is 1. The molecular weight excluding hydrogens is 334 g/mol. The van der Waals surface area contributed by atoms with Crippen LogP contribution in [0, 0.1) is 0 Å². The normalized spacial score (nSPS) is 25.4. The molecule has 1 heterocycles. The van der Waals surface area contributed by atoms with Gasteiger partial charge in [-0.05, 0) is 65.1 Å². The van der Waals surface area contributed by atoms with E-state index in [1.807, 2.05) is 6.07 Å². The monoisotopic (exact) mass is 353 g/mol. The van der Waals surface area contributed by atoms with Crippen molar-refractivity contribution in [3.63, 3.8) is 0 Å². The molecule has 132 valence electrons. The van der Waals surface area contributed by atoms with Gasteiger partial charge in [0.15, 0.2) is 5.58 Å². The Kier molecular flexibility index (Phi) is 2.79. The van der Waals surface area contributed by atoms with E-state index in [1.165, 1.54) is 34.2 Å². The number of rotatable bonds is 1. The van der Waals surface area contributed by atoms with Gasteiger partial charge < -0.3 is 4.42 Å². The Morgan fingerprint density at radius 3 is 2.22 bits per heavy atom. The van der Waals surface area contributed by atoms with Crippen LogP contribution in [-0.4, -0.2) is 4.98 Å². The van der Waals surface area contributed by atoms with Crippen molar-refractivity contribution in [2.24, 2.45) is 0 Å². The largest absolute Gasteiger partial charge is 0.417 e. The van der Waals surface area contributed by atoms with Crippen LogP contribution in [0.25, 0.3) is 11.1 Å². The highest BCUT2D eigenvalue weighted by atomic mass is 16.4. The predicted molar refractivity (Wildman–Crippen MR) is 105 cm³/mol. The Morgan fingerprint density at radius 2 is 1.56 bits per heavy atom. The average molecular weight is 353 g/mol. The maximum absolute atomic E-state index is 11.6. The number of H-pyrrole nitrogens is 1. The lowest BCUT2D eigenvalue weighted by molar-refractivity contribution is 0.555. The molecule has 0 bridgehead atoms. The van der Waals surface area contributed by atoms with Gasteiger partial charge in [-0.2, -0.15) is 0 Å². The standard InChI is InChI=1S/C24H19NO2/c1-24(14-10-11-22-21(12-14)25-23(26)27-22)19-8-4-2-6-15(19)17-13-18(17)16-7-3-5-9-20(16)24/h2-12,17-18H,13H2,1H3,(H,25,26)/t17-,18+,24?. The van der Waals surface area contributed by atoms with Crippen molar-refractivity contribution in [3.05, 3.63) is 105 Å². The van der Waals surface area contributed by atoms with E-state index in [0.717, 1.165) is 5.52 Å². The number of oxazole rings is 1. The summed E-state index contributed by atoms with van der Waals surface area (Å²) >= 11 is 0. The zero-order valence-corrected chi connectivity index (χ0v) is 15.0. The van der Waals surface area contributed by atoms with E-state index in [0.29, 0.717) is 17.4 Å². The van der Waals surface area contributed by atoms with E-state index < -0.39 is 5.76 Å². The van der Waals surface area contributed by atoms with Gasteiger partial charge in [-0.25, -0.2) is 4.79 Å². The number of aromatic amines is 1. The van der Waals surface area contributed by atoms with Gasteiger partial charge in [-0.15, -0.1) is 0 Å². The summed E-state index contributed by atoms with van der Waals surface area (Å²) < 4.78 is 5.22. The quantitative estimate of drug-likeness (QED) is 0.520. The highest BCUT2D eigenvalue weighted by molar-refractivity contribution is 5.75. The first-order valence-electron chi connectivity index (χ1n) is 9.48. The first-order valence-corrected chi connectivity index (χ1v) is 9.48. The highest BCUT2D eigenvalue weighted by Gasteiger charge is 2.49. The van der Waals surface area contributed by atoms with E-state index in [2.05, 4.69) is 72.6 Å². The summed E-state index contributed by atoms with van der Waals surface area (Å²) in [5.74, 6) is 0.818. The molecule has 3 nitrogen and oxygen atoms in total. The van der Waals surface area contributed by atoms with Crippen LogP contribution < -0.4 is 5.76 Å². The molecule has 1 fully saturated rings. The van der Waals surface area contributed by atoms with E-state index >= 15 is 0 Å². The van der Waals surface area contributed by atoms with Gasteiger partial charge in [0.25, 0.3) is 0 Å². The summed E-state index contributed by atoms with van der Waals surface area (Å²) in [6.07, 6.45) is 1.23. The van der Waals surface area contributed by atoms with Crippen LogP contribution in [0.5, 0.6) is 0 Å². The smallest absolute Gasteiger partial charge is 0.408 e. The Labute approximate surface area is 156 Å². The van der Waals surface area contributed by atoms with Crippen LogP contribution in [0.1, 0.15) is 53.0 Å². The van der Waals surface area contributed by atoms with Crippen LogP contribution in [0.15, 0.2) is 75.9 Å². The van der Waals surface area contributed by atoms with Crippen LogP contribution >= 0.6 is 0 Å². The molecule has 1 N–H and O–H groups in total. The second kappa shape index (κ2) is 5.01. The van der Waals surface area contributed by atoms with Gasteiger partial charge in [0.05, 0.1) is 5.52 Å². The van der Waals surface area contributed by atoms with Gasteiger partial charge in [-0.1, -0.05) is 54.6 Å². The Morgan fingerprint density at radius 1 is 0.926 bits per heavy atom. The van der Waals surface area contributed by atoms with Crippen molar-refractivity contribution in [1.82, 2.24) is 4.98 Å². The second-order valence-corrected chi connectivity index (χ2v) is 7.97. The minimum atomic E-state index is -0.407. The van der Waals surface area contributed by atoms with Crippen LogP contribution in [-0.2, 0) is 5.41 Å². The van der Waals surface area contributed by atoms with Crippen LogP contribution in [0.4, 0.5) is 0 Å². The molecule has 0 saturated heterocycles. The fourth-order valence-corrected chi connectivity index (χ4v) is 5.15. The summed E-state index contributed by atoms with van der Waals surface area (Å²) in [6.45, 7) is 2.31. The van der Waals surface area contributed by atoms with Gasteiger partial charge in [-0.3, -0.25) is 4.98 Å². The Bertz CT molecular complexity index is 1210. The zero-order valence-electron chi connectivity index (χ0n) is 15.0. The lowest BCUT2D eigenvalue weighted by Crippen LogP contribution is -2.27. The van der Waals surface area contributed by atoms with Crippen LogP contribution in [0.3, 0.4) is 0 Å². The van der Waals surface area contributed by atoms with Crippen molar-refractivity contribution in [3.8, 4) is 0 Å². The molecule has 1 aromatic heterocycles. The SMILES string of the molecule is CC1(c2ccc3oc(=O)[nH]c3c2)c2ccccc2[C@H]2C[C@H]2c2ccccc21. The summed E-state index contributed by atoms with van der Waals surface area (Å²) in [5, 5.41) is 0. The maximum Gasteiger partial charge on any atom is 0.417 e. The molecule has 2 aliphatic carbocycles. The zero-order chi connectivity index (χ0) is 18.2. The van der Waals surface area contributed by atoms with Gasteiger partial charge in [0.2, 0.25) is 0 Å². The molecule has 0 spiro atoms. The summed E-state index contributed by atoms with van der Waals surface area (Å²) in [5.41, 5.74) is 7.91. The van der Waals surface area contributed by atoms with Gasteiger partial charge in [0, 0.05) is 5.41 Å². The summed E-state index contributed by atoms with van der Waals surface area (Å²) in [4.78, 5) is 14.4. The number of hydrogen-bond acceptors (Lipinski definition) is 2. The molecule has 0 aliphatic heterocycles. The van der Waals surface area contributed by atoms with Crippen molar-refractivity contribution >= 4 is 11.1 Å². The lowest BCUT2D eigenvalue weighted by Gasteiger charge is -2.34. The molecule has 27 heavy (non-hydrogen) atoms. The lowest BCUT2D eigenvalue weighted by atomic mass is 9.68. The number of benzene rings is 3. The molecule has 1 unspecified atom stereocenters. The third-order valence-corrected chi connectivity index (χ3v) is 6.58. The molecule has 6 rings (SSSR count). The third kappa shape index (κ3) is 1.94. The molecule has 2 aliphatic rings. The fourth-order valence-electron chi connectivity index (χ4n) is 5.15. The van der Waals surface area contributed by atoms with Gasteiger partial charge >= 0.3 is 5.76 Å². The number of fused-ring (bicyclic) bond motifs is 6. The van der Waals surface area contributed by atoms with Crippen LogP contribution in [0.2, 0.25) is 0 Å². The topological polar surface area (TPSA) is 46.0 Å². The first-order chi connectivity index (χ1) is 13.2. The average Bonchev–Trinajstić information content (AvgIpc) is 3.41. The minimum absolute atomic E-state index is 0.275. The Balaban J connectivity index is 1.71. The molecule has 3 aromatic carbocycles. The molecule has 0 radical (unpaired) electrons. The summed E-state index contributed by atoms with van der Waals surface area (Å²) in [6, 6.07) is 23.8. The number of hydrogen-bond donors (Lipinski definition) is 1. The van der Waals surface area contributed by atoms with Crippen molar-refractivity contribution in [2.75, 3.05) is 0 Å².